The number of rotatable bonds is 9. The molecule has 0 heterocycles. The lowest BCUT2D eigenvalue weighted by Crippen LogP contribution is -2.17. The van der Waals surface area contributed by atoms with Gasteiger partial charge in [0.05, 0.1) is 6.21 Å². The molecular formula is C28H24N2O5S. The number of carbonyl (C=O) groups is 1. The topological polar surface area (TPSA) is 94.1 Å². The first-order valence-electron chi connectivity index (χ1n) is 11.1. The zero-order chi connectivity index (χ0) is 25.4. The minimum Gasteiger partial charge on any atom is -0.489 e. The monoisotopic (exact) mass is 500 g/mol. The molecule has 36 heavy (non-hydrogen) atoms. The molecular weight excluding hydrogens is 476 g/mol. The highest BCUT2D eigenvalue weighted by atomic mass is 32.2. The maximum Gasteiger partial charge on any atom is 0.339 e. The van der Waals surface area contributed by atoms with Gasteiger partial charge in [0, 0.05) is 5.56 Å². The molecule has 0 aliphatic carbocycles. The third-order valence-electron chi connectivity index (χ3n) is 5.14. The van der Waals surface area contributed by atoms with E-state index in [1.807, 2.05) is 37.3 Å². The van der Waals surface area contributed by atoms with Gasteiger partial charge in [-0.05, 0) is 78.7 Å². The van der Waals surface area contributed by atoms with E-state index in [9.17, 15) is 13.2 Å². The van der Waals surface area contributed by atoms with Crippen LogP contribution in [0.2, 0.25) is 0 Å². The number of aryl methyl sites for hydroxylation is 1. The van der Waals surface area contributed by atoms with Crippen molar-refractivity contribution in [2.75, 3.05) is 0 Å². The minimum absolute atomic E-state index is 0.0808. The summed E-state index contributed by atoms with van der Waals surface area (Å²) in [6, 6.07) is 29.3. The van der Waals surface area contributed by atoms with Crippen LogP contribution in [0.25, 0.3) is 0 Å². The Balaban J connectivity index is 1.28. The third-order valence-corrected chi connectivity index (χ3v) is 6.40. The Morgan fingerprint density at radius 1 is 0.833 bits per heavy atom. The molecule has 0 fully saturated rings. The van der Waals surface area contributed by atoms with Crippen LogP contribution >= 0.6 is 0 Å². The molecule has 1 N–H and O–H groups in total. The van der Waals surface area contributed by atoms with Crippen molar-refractivity contribution < 1.29 is 22.1 Å². The normalized spacial score (nSPS) is 11.2. The molecule has 0 unspecified atom stereocenters. The van der Waals surface area contributed by atoms with Crippen LogP contribution in [0.1, 0.15) is 27.0 Å². The number of benzene rings is 4. The van der Waals surface area contributed by atoms with Crippen LogP contribution in [0.3, 0.4) is 0 Å². The summed E-state index contributed by atoms with van der Waals surface area (Å²) in [6.45, 7) is 2.32. The number of carbonyl (C=O) groups excluding carboxylic acids is 1. The van der Waals surface area contributed by atoms with Crippen molar-refractivity contribution in [3.8, 4) is 11.5 Å². The molecule has 0 saturated carbocycles. The summed E-state index contributed by atoms with van der Waals surface area (Å²) in [5.41, 5.74) is 5.56. The zero-order valence-electron chi connectivity index (χ0n) is 19.5. The molecule has 0 saturated heterocycles. The van der Waals surface area contributed by atoms with Crippen LogP contribution in [0.4, 0.5) is 0 Å². The molecule has 0 aliphatic rings. The van der Waals surface area contributed by atoms with Crippen LogP contribution in [0, 0.1) is 6.92 Å². The smallest absolute Gasteiger partial charge is 0.339 e. The highest BCUT2D eigenvalue weighted by molar-refractivity contribution is 7.87. The second-order valence-corrected chi connectivity index (χ2v) is 9.46. The van der Waals surface area contributed by atoms with Crippen molar-refractivity contribution in [2.24, 2.45) is 5.10 Å². The summed E-state index contributed by atoms with van der Waals surface area (Å²) >= 11 is 0. The van der Waals surface area contributed by atoms with Gasteiger partial charge in [-0.1, -0.05) is 48.0 Å². The predicted molar refractivity (Wildman–Crippen MR) is 138 cm³/mol. The van der Waals surface area contributed by atoms with Crippen LogP contribution in [0.15, 0.2) is 113 Å². The van der Waals surface area contributed by atoms with Gasteiger partial charge < -0.3 is 8.92 Å². The first-order chi connectivity index (χ1) is 17.4. The molecule has 182 valence electrons. The number of amides is 1. The van der Waals surface area contributed by atoms with Gasteiger partial charge in [0.15, 0.2) is 0 Å². The van der Waals surface area contributed by atoms with E-state index in [2.05, 4.69) is 10.5 Å². The minimum atomic E-state index is -3.92. The molecule has 4 aromatic carbocycles. The molecule has 0 aromatic heterocycles. The summed E-state index contributed by atoms with van der Waals surface area (Å²) in [5, 5.41) is 3.96. The van der Waals surface area contributed by atoms with Crippen molar-refractivity contribution in [2.45, 2.75) is 18.4 Å². The number of hydrazone groups is 1. The lowest BCUT2D eigenvalue weighted by molar-refractivity contribution is 0.0955. The maximum atomic E-state index is 12.4. The third kappa shape index (κ3) is 6.80. The summed E-state index contributed by atoms with van der Waals surface area (Å²) in [7, 11) is -3.92. The Morgan fingerprint density at radius 2 is 1.47 bits per heavy atom. The zero-order valence-corrected chi connectivity index (χ0v) is 20.3. The van der Waals surface area contributed by atoms with Gasteiger partial charge in [0.25, 0.3) is 5.91 Å². The van der Waals surface area contributed by atoms with Gasteiger partial charge in [-0.2, -0.15) is 13.5 Å². The van der Waals surface area contributed by atoms with Crippen LogP contribution in [0.5, 0.6) is 11.5 Å². The molecule has 0 radical (unpaired) electrons. The Hall–Kier alpha value is -4.43. The lowest BCUT2D eigenvalue weighted by atomic mass is 10.2. The second-order valence-electron chi connectivity index (χ2n) is 7.92. The predicted octanol–water partition coefficient (Wildman–Crippen LogP) is 5.11. The highest BCUT2D eigenvalue weighted by Gasteiger charge is 2.16. The second kappa shape index (κ2) is 11.3. The van der Waals surface area contributed by atoms with E-state index in [0.29, 0.717) is 23.5 Å². The molecule has 0 spiro atoms. The van der Waals surface area contributed by atoms with Crippen molar-refractivity contribution in [1.29, 1.82) is 0 Å². The Kier molecular flexibility index (Phi) is 7.77. The van der Waals surface area contributed by atoms with Crippen LogP contribution in [-0.2, 0) is 16.7 Å². The standard InChI is InChI=1S/C28H24N2O5S/c1-21-7-17-27(18-8-21)36(32,33)35-26-13-9-22(10-14-26)19-29-30-28(31)24-11-15-25(16-12-24)34-20-23-5-3-2-4-6-23/h2-19H,20H2,1H3,(H,30,31)/b29-19+. The Bertz CT molecular complexity index is 1430. The largest absolute Gasteiger partial charge is 0.489 e. The van der Waals surface area contributed by atoms with Gasteiger partial charge in [0.1, 0.15) is 23.0 Å². The Labute approximate surface area is 210 Å². The summed E-state index contributed by atoms with van der Waals surface area (Å²) in [4.78, 5) is 12.4. The van der Waals surface area contributed by atoms with E-state index in [4.69, 9.17) is 8.92 Å². The van der Waals surface area contributed by atoms with E-state index < -0.39 is 10.1 Å². The van der Waals surface area contributed by atoms with Gasteiger partial charge in [-0.15, -0.1) is 0 Å². The van der Waals surface area contributed by atoms with E-state index in [1.165, 1.54) is 30.5 Å². The molecule has 4 rings (SSSR count). The first kappa shape index (κ1) is 24.7. The van der Waals surface area contributed by atoms with Crippen molar-refractivity contribution in [3.63, 3.8) is 0 Å². The SMILES string of the molecule is Cc1ccc(S(=O)(=O)Oc2ccc(/C=N/NC(=O)c3ccc(OCc4ccccc4)cc3)cc2)cc1. The molecule has 0 bridgehead atoms. The van der Waals surface area contributed by atoms with E-state index >= 15 is 0 Å². The first-order valence-corrected chi connectivity index (χ1v) is 12.5. The summed E-state index contributed by atoms with van der Waals surface area (Å²) in [6.07, 6.45) is 1.45. The summed E-state index contributed by atoms with van der Waals surface area (Å²) in [5.74, 6) is 0.460. The molecule has 0 atom stereocenters. The van der Waals surface area contributed by atoms with E-state index in [0.717, 1.165) is 11.1 Å². The Morgan fingerprint density at radius 3 is 2.14 bits per heavy atom. The quantitative estimate of drug-likeness (QED) is 0.196. The fourth-order valence-electron chi connectivity index (χ4n) is 3.16. The number of hydrogen-bond donors (Lipinski definition) is 1. The number of nitrogens with one attached hydrogen (secondary N) is 1. The van der Waals surface area contributed by atoms with Crippen LogP contribution < -0.4 is 14.3 Å². The van der Waals surface area contributed by atoms with Crippen molar-refractivity contribution in [3.05, 3.63) is 125 Å². The van der Waals surface area contributed by atoms with Gasteiger partial charge >= 0.3 is 10.1 Å². The molecule has 4 aromatic rings. The average Bonchev–Trinajstić information content (AvgIpc) is 2.89. The van der Waals surface area contributed by atoms with Gasteiger partial charge in [-0.3, -0.25) is 4.79 Å². The average molecular weight is 501 g/mol. The molecule has 1 amide bonds. The fraction of sp³-hybridized carbons (Fsp3) is 0.0714. The lowest BCUT2D eigenvalue weighted by Gasteiger charge is -2.07. The summed E-state index contributed by atoms with van der Waals surface area (Å²) < 4.78 is 35.7. The van der Waals surface area contributed by atoms with Crippen LogP contribution in [-0.4, -0.2) is 20.5 Å². The highest BCUT2D eigenvalue weighted by Crippen LogP contribution is 2.19. The van der Waals surface area contributed by atoms with Gasteiger partial charge in [0.2, 0.25) is 0 Å². The maximum absolute atomic E-state index is 12.4. The van der Waals surface area contributed by atoms with Gasteiger partial charge in [-0.25, -0.2) is 5.43 Å². The fourth-order valence-corrected chi connectivity index (χ4v) is 4.09. The van der Waals surface area contributed by atoms with E-state index in [1.54, 1.807) is 48.5 Å². The molecule has 7 nitrogen and oxygen atoms in total. The van der Waals surface area contributed by atoms with E-state index in [-0.39, 0.29) is 16.6 Å². The number of ether oxygens (including phenoxy) is 1. The molecule has 0 aliphatic heterocycles. The number of nitrogens with zero attached hydrogens (tertiary/aromatic N) is 1. The van der Waals surface area contributed by atoms with Crippen molar-refractivity contribution in [1.82, 2.24) is 5.43 Å². The number of hydrogen-bond acceptors (Lipinski definition) is 6. The van der Waals surface area contributed by atoms with Crippen molar-refractivity contribution >= 4 is 22.2 Å². The molecule has 8 heteroatoms.